The summed E-state index contributed by atoms with van der Waals surface area (Å²) >= 11 is 0. The molecular formula is C14H25N3O2S. The molecular weight excluding hydrogens is 274 g/mol. The molecule has 0 aliphatic heterocycles. The molecule has 1 aromatic heterocycles. The number of sulfonamides is 1. The summed E-state index contributed by atoms with van der Waals surface area (Å²) in [6.45, 7) is 4.66. The first kappa shape index (κ1) is 15.5. The van der Waals surface area contributed by atoms with E-state index in [0.717, 1.165) is 31.4 Å². The van der Waals surface area contributed by atoms with Crippen LogP contribution in [0.4, 0.5) is 0 Å². The zero-order chi connectivity index (χ0) is 14.8. The zero-order valence-corrected chi connectivity index (χ0v) is 13.3. The molecule has 1 aliphatic rings. The van der Waals surface area contributed by atoms with Crippen LogP contribution in [0.3, 0.4) is 0 Å². The molecule has 1 fully saturated rings. The molecule has 1 saturated carbocycles. The van der Waals surface area contributed by atoms with Gasteiger partial charge in [-0.05, 0) is 39.3 Å². The van der Waals surface area contributed by atoms with E-state index >= 15 is 0 Å². The summed E-state index contributed by atoms with van der Waals surface area (Å²) in [6.07, 6.45) is 5.89. The molecule has 2 N–H and O–H groups in total. The number of hydrogen-bond acceptors (Lipinski definition) is 3. The minimum atomic E-state index is -3.41. The Kier molecular flexibility index (Phi) is 4.88. The first-order valence-corrected chi connectivity index (χ1v) is 8.84. The molecule has 5 nitrogen and oxygen atoms in total. The van der Waals surface area contributed by atoms with Gasteiger partial charge < -0.3 is 9.88 Å². The van der Waals surface area contributed by atoms with E-state index in [4.69, 9.17) is 0 Å². The van der Waals surface area contributed by atoms with Crippen LogP contribution in [0, 0.1) is 0 Å². The molecule has 1 aromatic rings. The predicted molar refractivity (Wildman–Crippen MR) is 80.2 cm³/mol. The van der Waals surface area contributed by atoms with Crippen LogP contribution >= 0.6 is 0 Å². The quantitative estimate of drug-likeness (QED) is 0.772. The SMILES string of the molecule is CCCC(C)NS(=O)(=O)c1cc(CNC)n(C2CC2)c1. The van der Waals surface area contributed by atoms with E-state index in [2.05, 4.69) is 21.5 Å². The van der Waals surface area contributed by atoms with Crippen molar-refractivity contribution in [1.29, 1.82) is 0 Å². The van der Waals surface area contributed by atoms with Crippen LogP contribution in [0.1, 0.15) is 51.3 Å². The maximum absolute atomic E-state index is 12.4. The third kappa shape index (κ3) is 3.62. The monoisotopic (exact) mass is 299 g/mol. The summed E-state index contributed by atoms with van der Waals surface area (Å²) in [5.74, 6) is 0. The van der Waals surface area contributed by atoms with Crippen molar-refractivity contribution >= 4 is 10.0 Å². The molecule has 0 saturated heterocycles. The van der Waals surface area contributed by atoms with Crippen molar-refractivity contribution in [2.24, 2.45) is 0 Å². The van der Waals surface area contributed by atoms with Crippen molar-refractivity contribution in [3.63, 3.8) is 0 Å². The summed E-state index contributed by atoms with van der Waals surface area (Å²) in [4.78, 5) is 0.387. The normalized spacial score (nSPS) is 17.4. The third-order valence-electron chi connectivity index (χ3n) is 3.59. The van der Waals surface area contributed by atoms with Gasteiger partial charge in [0, 0.05) is 30.5 Å². The Bertz CT molecular complexity index is 547. The molecule has 2 rings (SSSR count). The standard InChI is InChI=1S/C14H25N3O2S/c1-4-5-11(2)16-20(18,19)14-8-13(9-15-3)17(10-14)12-6-7-12/h8,10-12,15-16H,4-7,9H2,1-3H3. The molecule has 0 amide bonds. The van der Waals surface area contributed by atoms with Gasteiger partial charge in [-0.1, -0.05) is 13.3 Å². The largest absolute Gasteiger partial charge is 0.346 e. The van der Waals surface area contributed by atoms with Gasteiger partial charge in [0.15, 0.2) is 0 Å². The maximum Gasteiger partial charge on any atom is 0.242 e. The molecule has 0 radical (unpaired) electrons. The Balaban J connectivity index is 2.20. The van der Waals surface area contributed by atoms with E-state index in [-0.39, 0.29) is 6.04 Å². The van der Waals surface area contributed by atoms with Crippen LogP contribution in [0.2, 0.25) is 0 Å². The lowest BCUT2D eigenvalue weighted by Gasteiger charge is -2.12. The van der Waals surface area contributed by atoms with Gasteiger partial charge in [-0.25, -0.2) is 13.1 Å². The average molecular weight is 299 g/mol. The summed E-state index contributed by atoms with van der Waals surface area (Å²) in [5.41, 5.74) is 1.04. The van der Waals surface area contributed by atoms with Crippen molar-refractivity contribution in [3.8, 4) is 0 Å². The van der Waals surface area contributed by atoms with Crippen LogP contribution in [0.15, 0.2) is 17.2 Å². The lowest BCUT2D eigenvalue weighted by Crippen LogP contribution is -2.32. The van der Waals surface area contributed by atoms with E-state index in [9.17, 15) is 8.42 Å². The van der Waals surface area contributed by atoms with Crippen molar-refractivity contribution in [1.82, 2.24) is 14.6 Å². The van der Waals surface area contributed by atoms with Gasteiger partial charge in [0.1, 0.15) is 0 Å². The smallest absolute Gasteiger partial charge is 0.242 e. The van der Waals surface area contributed by atoms with Gasteiger partial charge >= 0.3 is 0 Å². The van der Waals surface area contributed by atoms with Gasteiger partial charge in [0.2, 0.25) is 10.0 Å². The topological polar surface area (TPSA) is 63.1 Å². The Hall–Kier alpha value is -0.850. The molecule has 20 heavy (non-hydrogen) atoms. The zero-order valence-electron chi connectivity index (χ0n) is 12.5. The second-order valence-corrected chi connectivity index (χ2v) is 7.36. The van der Waals surface area contributed by atoms with E-state index in [1.165, 1.54) is 0 Å². The summed E-state index contributed by atoms with van der Waals surface area (Å²) in [6, 6.07) is 2.24. The van der Waals surface area contributed by atoms with E-state index in [0.29, 0.717) is 17.5 Å². The first-order chi connectivity index (χ1) is 9.47. The second-order valence-electron chi connectivity index (χ2n) is 5.65. The lowest BCUT2D eigenvalue weighted by atomic mass is 10.2. The van der Waals surface area contributed by atoms with Crippen LogP contribution < -0.4 is 10.0 Å². The number of aromatic nitrogens is 1. The minimum Gasteiger partial charge on any atom is -0.346 e. The highest BCUT2D eigenvalue weighted by atomic mass is 32.2. The van der Waals surface area contributed by atoms with Crippen LogP contribution in [0.5, 0.6) is 0 Å². The van der Waals surface area contributed by atoms with Crippen molar-refractivity contribution in [3.05, 3.63) is 18.0 Å². The molecule has 1 aliphatic carbocycles. The fourth-order valence-corrected chi connectivity index (χ4v) is 3.81. The van der Waals surface area contributed by atoms with Crippen molar-refractivity contribution in [2.45, 2.75) is 63.1 Å². The van der Waals surface area contributed by atoms with Gasteiger partial charge in [-0.3, -0.25) is 0 Å². The third-order valence-corrected chi connectivity index (χ3v) is 5.15. The second kappa shape index (κ2) is 6.28. The van der Waals surface area contributed by atoms with Gasteiger partial charge in [-0.2, -0.15) is 0 Å². The fourth-order valence-electron chi connectivity index (χ4n) is 2.48. The van der Waals surface area contributed by atoms with Crippen LogP contribution in [0.25, 0.3) is 0 Å². The average Bonchev–Trinajstić information content (AvgIpc) is 3.10. The van der Waals surface area contributed by atoms with Crippen LogP contribution in [-0.4, -0.2) is 26.1 Å². The van der Waals surface area contributed by atoms with E-state index in [1.54, 1.807) is 12.3 Å². The molecule has 1 atom stereocenters. The predicted octanol–water partition coefficient (Wildman–Crippen LogP) is 2.01. The number of rotatable bonds is 8. The first-order valence-electron chi connectivity index (χ1n) is 7.35. The van der Waals surface area contributed by atoms with Crippen molar-refractivity contribution in [2.75, 3.05) is 7.05 Å². The summed E-state index contributed by atoms with van der Waals surface area (Å²) < 4.78 is 29.6. The highest BCUT2D eigenvalue weighted by Crippen LogP contribution is 2.37. The van der Waals surface area contributed by atoms with E-state index in [1.807, 2.05) is 14.0 Å². The number of hydrogen-bond donors (Lipinski definition) is 2. The van der Waals surface area contributed by atoms with Crippen LogP contribution in [-0.2, 0) is 16.6 Å². The Morgan fingerprint density at radius 2 is 2.15 bits per heavy atom. The van der Waals surface area contributed by atoms with Gasteiger partial charge in [-0.15, -0.1) is 0 Å². The number of nitrogens with one attached hydrogen (secondary N) is 2. The molecule has 1 heterocycles. The summed E-state index contributed by atoms with van der Waals surface area (Å²) in [7, 11) is -1.53. The molecule has 0 spiro atoms. The highest BCUT2D eigenvalue weighted by Gasteiger charge is 2.28. The summed E-state index contributed by atoms with van der Waals surface area (Å²) in [5, 5.41) is 3.10. The van der Waals surface area contributed by atoms with Gasteiger partial charge in [0.05, 0.1) is 4.90 Å². The minimum absolute atomic E-state index is 0.0259. The molecule has 114 valence electrons. The Morgan fingerprint density at radius 1 is 1.45 bits per heavy atom. The maximum atomic E-state index is 12.4. The highest BCUT2D eigenvalue weighted by molar-refractivity contribution is 7.89. The molecule has 0 aromatic carbocycles. The fraction of sp³-hybridized carbons (Fsp3) is 0.714. The lowest BCUT2D eigenvalue weighted by molar-refractivity contribution is 0.543. The van der Waals surface area contributed by atoms with E-state index < -0.39 is 10.0 Å². The van der Waals surface area contributed by atoms with Gasteiger partial charge in [0.25, 0.3) is 0 Å². The molecule has 0 bridgehead atoms. The molecule has 6 heteroatoms. The molecule has 1 unspecified atom stereocenters. The number of nitrogens with zero attached hydrogens (tertiary/aromatic N) is 1. The Morgan fingerprint density at radius 3 is 2.70 bits per heavy atom. The Labute approximate surface area is 121 Å². The van der Waals surface area contributed by atoms with Crippen molar-refractivity contribution < 1.29 is 8.42 Å².